The van der Waals surface area contributed by atoms with Crippen molar-refractivity contribution in [2.24, 2.45) is 5.92 Å². The Morgan fingerprint density at radius 1 is 1.64 bits per heavy atom. The van der Waals surface area contributed by atoms with Gasteiger partial charge in [-0.15, -0.1) is 0 Å². The van der Waals surface area contributed by atoms with Crippen LogP contribution >= 0.6 is 0 Å². The van der Waals surface area contributed by atoms with Crippen molar-refractivity contribution in [3.05, 3.63) is 0 Å². The van der Waals surface area contributed by atoms with Gasteiger partial charge in [0, 0.05) is 18.6 Å². The number of hydrogen-bond acceptors (Lipinski definition) is 2. The van der Waals surface area contributed by atoms with Crippen LogP contribution in [0.25, 0.3) is 0 Å². The van der Waals surface area contributed by atoms with Crippen molar-refractivity contribution in [3.8, 4) is 0 Å². The minimum atomic E-state index is 0.187. The first-order chi connectivity index (χ1) is 5.20. The maximum absolute atomic E-state index is 11.2. The quantitative estimate of drug-likeness (QED) is 0.525. The summed E-state index contributed by atoms with van der Waals surface area (Å²) >= 11 is 0. The summed E-state index contributed by atoms with van der Waals surface area (Å²) in [6, 6.07) is 0.894. The average molecular weight is 154 g/mol. The summed E-state index contributed by atoms with van der Waals surface area (Å²) in [5, 5.41) is 3.02. The van der Waals surface area contributed by atoms with Gasteiger partial charge in [-0.2, -0.15) is 0 Å². The fraction of sp³-hybridized carbons (Fsp3) is 0.875. The Morgan fingerprint density at radius 3 is 3.00 bits per heavy atom. The fourth-order valence-electron chi connectivity index (χ4n) is 2.33. The third-order valence-corrected chi connectivity index (χ3v) is 2.97. The number of fused-ring (bicyclic) bond motifs is 1. The number of carbonyl (C=O) groups is 1. The van der Waals surface area contributed by atoms with Crippen molar-refractivity contribution in [1.82, 2.24) is 10.2 Å². The lowest BCUT2D eigenvalue weighted by molar-refractivity contribution is -0.122. The molecule has 0 aromatic carbocycles. The number of amides is 1. The molecule has 3 nitrogen and oxygen atoms in total. The first-order valence-electron chi connectivity index (χ1n) is 4.21. The highest BCUT2D eigenvalue weighted by Gasteiger charge is 2.44. The Balaban J connectivity index is 2.19. The Hall–Kier alpha value is -0.570. The second-order valence-corrected chi connectivity index (χ2v) is 3.66. The molecule has 2 aliphatic heterocycles. The summed E-state index contributed by atoms with van der Waals surface area (Å²) in [6.45, 7) is 3.14. The summed E-state index contributed by atoms with van der Waals surface area (Å²) in [5.41, 5.74) is 0. The largest absolute Gasteiger partial charge is 0.351 e. The van der Waals surface area contributed by atoms with Crippen molar-refractivity contribution in [2.75, 3.05) is 13.6 Å². The smallest absolute Gasteiger partial charge is 0.224 e. The highest BCUT2D eigenvalue weighted by molar-refractivity contribution is 5.82. The van der Waals surface area contributed by atoms with Crippen LogP contribution in [0.4, 0.5) is 0 Å². The molecule has 1 N–H and O–H groups in total. The average Bonchev–Trinajstić information content (AvgIpc) is 2.41. The van der Waals surface area contributed by atoms with Gasteiger partial charge in [0.1, 0.15) is 0 Å². The van der Waals surface area contributed by atoms with E-state index in [4.69, 9.17) is 0 Å². The van der Waals surface area contributed by atoms with E-state index >= 15 is 0 Å². The van der Waals surface area contributed by atoms with E-state index in [1.165, 1.54) is 0 Å². The molecule has 3 atom stereocenters. The Bertz CT molecular complexity index is 193. The SMILES string of the molecule is CC1C(=O)NC2CCN(C)C21. The molecule has 1 amide bonds. The van der Waals surface area contributed by atoms with Crippen molar-refractivity contribution >= 4 is 5.91 Å². The number of carbonyl (C=O) groups excluding carboxylic acids is 1. The van der Waals surface area contributed by atoms with E-state index in [9.17, 15) is 4.79 Å². The van der Waals surface area contributed by atoms with Crippen LogP contribution in [0, 0.1) is 5.92 Å². The van der Waals surface area contributed by atoms with Gasteiger partial charge >= 0.3 is 0 Å². The van der Waals surface area contributed by atoms with Gasteiger partial charge in [-0.25, -0.2) is 0 Å². The van der Waals surface area contributed by atoms with Crippen LogP contribution in [0.1, 0.15) is 13.3 Å². The van der Waals surface area contributed by atoms with E-state index in [0.29, 0.717) is 12.1 Å². The molecule has 2 fully saturated rings. The Labute approximate surface area is 66.8 Å². The summed E-state index contributed by atoms with van der Waals surface area (Å²) < 4.78 is 0. The summed E-state index contributed by atoms with van der Waals surface area (Å²) in [7, 11) is 2.10. The van der Waals surface area contributed by atoms with E-state index in [1.54, 1.807) is 0 Å². The number of likely N-dealkylation sites (tertiary alicyclic amines) is 1. The fourth-order valence-corrected chi connectivity index (χ4v) is 2.33. The first kappa shape index (κ1) is 7.10. The molecule has 2 aliphatic rings. The molecule has 11 heavy (non-hydrogen) atoms. The second-order valence-electron chi connectivity index (χ2n) is 3.66. The molecule has 2 saturated heterocycles. The molecule has 0 aliphatic carbocycles. The topological polar surface area (TPSA) is 32.3 Å². The number of hydrogen-bond donors (Lipinski definition) is 1. The maximum Gasteiger partial charge on any atom is 0.224 e. The van der Waals surface area contributed by atoms with E-state index in [-0.39, 0.29) is 11.8 Å². The lowest BCUT2D eigenvalue weighted by Crippen LogP contribution is -2.34. The standard InChI is InChI=1S/C8H14N2O/c1-5-7-6(9-8(5)11)3-4-10(7)2/h5-7H,3-4H2,1-2H3,(H,9,11). The summed E-state index contributed by atoms with van der Waals surface area (Å²) in [6.07, 6.45) is 1.12. The van der Waals surface area contributed by atoms with Crippen molar-refractivity contribution in [2.45, 2.75) is 25.4 Å². The van der Waals surface area contributed by atoms with Gasteiger partial charge in [0.05, 0.1) is 5.92 Å². The zero-order valence-electron chi connectivity index (χ0n) is 7.00. The van der Waals surface area contributed by atoms with Crippen molar-refractivity contribution < 1.29 is 4.79 Å². The van der Waals surface area contributed by atoms with Crippen LogP contribution in [0.5, 0.6) is 0 Å². The molecule has 2 heterocycles. The molecule has 0 bridgehead atoms. The third-order valence-electron chi connectivity index (χ3n) is 2.97. The normalized spacial score (nSPS) is 44.2. The molecule has 62 valence electrons. The van der Waals surface area contributed by atoms with Gasteiger partial charge in [-0.1, -0.05) is 6.92 Å². The number of nitrogens with zero attached hydrogens (tertiary/aromatic N) is 1. The van der Waals surface area contributed by atoms with Crippen LogP contribution in [0.2, 0.25) is 0 Å². The van der Waals surface area contributed by atoms with Crippen LogP contribution < -0.4 is 5.32 Å². The zero-order chi connectivity index (χ0) is 8.01. The highest BCUT2D eigenvalue weighted by Crippen LogP contribution is 2.28. The van der Waals surface area contributed by atoms with Crippen LogP contribution in [0.15, 0.2) is 0 Å². The minimum Gasteiger partial charge on any atom is -0.351 e. The van der Waals surface area contributed by atoms with Gasteiger partial charge in [0.15, 0.2) is 0 Å². The number of likely N-dealkylation sites (N-methyl/N-ethyl adjacent to an activating group) is 1. The lowest BCUT2D eigenvalue weighted by atomic mass is 10.0. The van der Waals surface area contributed by atoms with Gasteiger partial charge in [0.25, 0.3) is 0 Å². The van der Waals surface area contributed by atoms with Crippen LogP contribution in [0.3, 0.4) is 0 Å². The predicted octanol–water partition coefficient (Wildman–Crippen LogP) is -0.175. The highest BCUT2D eigenvalue weighted by atomic mass is 16.2. The molecular weight excluding hydrogens is 140 g/mol. The van der Waals surface area contributed by atoms with Crippen molar-refractivity contribution in [1.29, 1.82) is 0 Å². The van der Waals surface area contributed by atoms with Crippen LogP contribution in [-0.4, -0.2) is 36.5 Å². The predicted molar refractivity (Wildman–Crippen MR) is 42.1 cm³/mol. The van der Waals surface area contributed by atoms with Crippen LogP contribution in [-0.2, 0) is 4.79 Å². The van der Waals surface area contributed by atoms with E-state index in [2.05, 4.69) is 17.3 Å². The first-order valence-corrected chi connectivity index (χ1v) is 4.21. The molecular formula is C8H14N2O. The summed E-state index contributed by atoms with van der Waals surface area (Å²) in [5.74, 6) is 0.416. The minimum absolute atomic E-state index is 0.187. The monoisotopic (exact) mass is 154 g/mol. The lowest BCUT2D eigenvalue weighted by Gasteiger charge is -2.19. The Kier molecular flexibility index (Phi) is 1.42. The van der Waals surface area contributed by atoms with Crippen molar-refractivity contribution in [3.63, 3.8) is 0 Å². The molecule has 3 unspecified atom stereocenters. The number of nitrogens with one attached hydrogen (secondary N) is 1. The van der Waals surface area contributed by atoms with E-state index in [0.717, 1.165) is 13.0 Å². The second kappa shape index (κ2) is 2.21. The Morgan fingerprint density at radius 2 is 2.36 bits per heavy atom. The van der Waals surface area contributed by atoms with Gasteiger partial charge in [-0.05, 0) is 13.5 Å². The zero-order valence-corrected chi connectivity index (χ0v) is 7.00. The molecule has 3 heteroatoms. The number of rotatable bonds is 0. The van der Waals surface area contributed by atoms with Gasteiger partial charge in [0.2, 0.25) is 5.91 Å². The molecule has 0 spiro atoms. The molecule has 0 aromatic heterocycles. The molecule has 0 saturated carbocycles. The van der Waals surface area contributed by atoms with Gasteiger partial charge < -0.3 is 10.2 Å². The summed E-state index contributed by atoms with van der Waals surface area (Å²) in [4.78, 5) is 13.5. The van der Waals surface area contributed by atoms with E-state index in [1.807, 2.05) is 6.92 Å². The maximum atomic E-state index is 11.2. The van der Waals surface area contributed by atoms with E-state index < -0.39 is 0 Å². The molecule has 0 aromatic rings. The van der Waals surface area contributed by atoms with Gasteiger partial charge in [-0.3, -0.25) is 4.79 Å². The molecule has 2 rings (SSSR count). The molecule has 0 radical (unpaired) electrons. The third kappa shape index (κ3) is 0.872.